The van der Waals surface area contributed by atoms with Crippen LogP contribution in [0, 0.1) is 0 Å². The summed E-state index contributed by atoms with van der Waals surface area (Å²) in [7, 11) is 0. The quantitative estimate of drug-likeness (QED) is 0.941. The van der Waals surface area contributed by atoms with Gasteiger partial charge in [-0.05, 0) is 38.0 Å². The van der Waals surface area contributed by atoms with Crippen LogP contribution in [0.15, 0.2) is 30.9 Å². The van der Waals surface area contributed by atoms with Crippen LogP contribution in [0.25, 0.3) is 0 Å². The van der Waals surface area contributed by atoms with E-state index in [2.05, 4.69) is 20.3 Å². The van der Waals surface area contributed by atoms with Gasteiger partial charge in [0.1, 0.15) is 18.7 Å². The Balaban J connectivity index is 1.70. The van der Waals surface area contributed by atoms with E-state index in [0.717, 1.165) is 18.8 Å². The van der Waals surface area contributed by atoms with Gasteiger partial charge >= 0.3 is 0 Å². The molecule has 1 aromatic heterocycles. The van der Waals surface area contributed by atoms with Gasteiger partial charge in [0, 0.05) is 18.8 Å². The Morgan fingerprint density at radius 2 is 2.14 bits per heavy atom. The highest BCUT2D eigenvalue weighted by atomic mass is 35.5. The number of benzene rings is 1. The van der Waals surface area contributed by atoms with Crippen LogP contribution in [0.2, 0.25) is 5.02 Å². The number of nitrogens with one attached hydrogen (secondary N) is 1. The van der Waals surface area contributed by atoms with Crippen molar-refractivity contribution < 1.29 is 4.79 Å². The first-order chi connectivity index (χ1) is 10.6. The van der Waals surface area contributed by atoms with E-state index in [4.69, 9.17) is 11.6 Å². The predicted molar refractivity (Wildman–Crippen MR) is 86.3 cm³/mol. The fourth-order valence-corrected chi connectivity index (χ4v) is 2.88. The molecule has 0 spiro atoms. The van der Waals surface area contributed by atoms with Crippen LogP contribution in [0.5, 0.6) is 0 Å². The Hall–Kier alpha value is -2.08. The number of nitrogens with zero attached hydrogens (tertiary/aromatic N) is 4. The van der Waals surface area contributed by atoms with E-state index in [1.54, 1.807) is 13.0 Å². The second-order valence-electron chi connectivity index (χ2n) is 5.40. The fourth-order valence-electron chi connectivity index (χ4n) is 2.58. The summed E-state index contributed by atoms with van der Waals surface area (Å²) in [4.78, 5) is 18.3. The number of hydrogen-bond donors (Lipinski definition) is 1. The van der Waals surface area contributed by atoms with Crippen LogP contribution in [0.4, 0.5) is 11.4 Å². The predicted octanol–water partition coefficient (Wildman–Crippen LogP) is 2.73. The van der Waals surface area contributed by atoms with Crippen molar-refractivity contribution in [2.45, 2.75) is 25.8 Å². The third kappa shape index (κ3) is 3.06. The molecule has 1 N–H and O–H groups in total. The summed E-state index contributed by atoms with van der Waals surface area (Å²) >= 11 is 6.35. The van der Waals surface area contributed by atoms with Gasteiger partial charge in [0.05, 0.1) is 10.7 Å². The van der Waals surface area contributed by atoms with Gasteiger partial charge in [0.15, 0.2) is 0 Å². The molecule has 1 unspecified atom stereocenters. The lowest BCUT2D eigenvalue weighted by atomic mass is 10.2. The van der Waals surface area contributed by atoms with Gasteiger partial charge in [-0.25, -0.2) is 9.67 Å². The highest BCUT2D eigenvalue weighted by Crippen LogP contribution is 2.31. The fraction of sp³-hybridized carbons (Fsp3) is 0.400. The number of aromatic nitrogens is 3. The minimum absolute atomic E-state index is 0.157. The van der Waals surface area contributed by atoms with Gasteiger partial charge in [0.25, 0.3) is 0 Å². The van der Waals surface area contributed by atoms with Crippen molar-refractivity contribution in [3.05, 3.63) is 35.9 Å². The lowest BCUT2D eigenvalue weighted by molar-refractivity contribution is -0.119. The molecule has 22 heavy (non-hydrogen) atoms. The van der Waals surface area contributed by atoms with Crippen LogP contribution in [-0.4, -0.2) is 33.8 Å². The molecule has 1 aliphatic rings. The monoisotopic (exact) mass is 319 g/mol. The molecule has 2 heterocycles. The van der Waals surface area contributed by atoms with Crippen molar-refractivity contribution in [1.82, 2.24) is 14.8 Å². The summed E-state index contributed by atoms with van der Waals surface area (Å²) < 4.78 is 1.51. The minimum atomic E-state index is -0.431. The van der Waals surface area contributed by atoms with Crippen molar-refractivity contribution in [2.75, 3.05) is 23.3 Å². The van der Waals surface area contributed by atoms with Gasteiger partial charge in [-0.3, -0.25) is 4.79 Å². The second-order valence-corrected chi connectivity index (χ2v) is 5.81. The van der Waals surface area contributed by atoms with Crippen molar-refractivity contribution in [3.8, 4) is 0 Å². The van der Waals surface area contributed by atoms with Crippen LogP contribution in [0.1, 0.15) is 25.8 Å². The molecule has 6 nitrogen and oxygen atoms in total. The van der Waals surface area contributed by atoms with Crippen molar-refractivity contribution in [1.29, 1.82) is 0 Å². The lowest BCUT2D eigenvalue weighted by Gasteiger charge is -2.20. The van der Waals surface area contributed by atoms with Crippen molar-refractivity contribution in [2.24, 2.45) is 0 Å². The maximum Gasteiger partial charge on any atom is 0.249 e. The molecule has 3 rings (SSSR count). The van der Waals surface area contributed by atoms with Crippen LogP contribution >= 0.6 is 11.6 Å². The average molecular weight is 320 g/mol. The number of anilines is 2. The molecule has 2 aromatic rings. The maximum absolute atomic E-state index is 12.2. The second kappa shape index (κ2) is 6.36. The van der Waals surface area contributed by atoms with Crippen LogP contribution in [-0.2, 0) is 4.79 Å². The molecule has 0 radical (unpaired) electrons. The molecule has 1 aliphatic heterocycles. The van der Waals surface area contributed by atoms with E-state index < -0.39 is 6.04 Å². The zero-order valence-electron chi connectivity index (χ0n) is 12.4. The third-order valence-electron chi connectivity index (χ3n) is 3.87. The van der Waals surface area contributed by atoms with E-state index in [9.17, 15) is 4.79 Å². The smallest absolute Gasteiger partial charge is 0.249 e. The van der Waals surface area contributed by atoms with Gasteiger partial charge in [-0.15, -0.1) is 0 Å². The molecule has 116 valence electrons. The summed E-state index contributed by atoms with van der Waals surface area (Å²) in [5.41, 5.74) is 1.71. The molecule has 1 fully saturated rings. The third-order valence-corrected chi connectivity index (χ3v) is 4.18. The Kier molecular flexibility index (Phi) is 4.29. The molecule has 1 aromatic carbocycles. The van der Waals surface area contributed by atoms with Crippen molar-refractivity contribution >= 4 is 28.9 Å². The van der Waals surface area contributed by atoms with E-state index in [0.29, 0.717) is 10.7 Å². The maximum atomic E-state index is 12.2. The summed E-state index contributed by atoms with van der Waals surface area (Å²) in [5.74, 6) is -0.157. The zero-order valence-corrected chi connectivity index (χ0v) is 13.1. The largest absolute Gasteiger partial charge is 0.370 e. The molecule has 0 aliphatic carbocycles. The molecule has 1 atom stereocenters. The Morgan fingerprint density at radius 3 is 2.77 bits per heavy atom. The SMILES string of the molecule is CC(C(=O)Nc1ccc(N2CCCC2)c(Cl)c1)n1cncn1. The van der Waals surface area contributed by atoms with E-state index >= 15 is 0 Å². The molecule has 7 heteroatoms. The molecule has 0 bridgehead atoms. The Morgan fingerprint density at radius 1 is 1.36 bits per heavy atom. The van der Waals surface area contributed by atoms with E-state index in [1.165, 1.54) is 30.2 Å². The van der Waals surface area contributed by atoms with E-state index in [-0.39, 0.29) is 5.91 Å². The van der Waals surface area contributed by atoms with Gasteiger partial charge in [-0.2, -0.15) is 5.10 Å². The number of hydrogen-bond acceptors (Lipinski definition) is 4. The standard InChI is InChI=1S/C15H18ClN5O/c1-11(21-10-17-9-18-21)15(22)19-12-4-5-14(13(16)8-12)20-6-2-3-7-20/h4-5,8-11H,2-3,6-7H2,1H3,(H,19,22). The van der Waals surface area contributed by atoms with Crippen LogP contribution in [0.3, 0.4) is 0 Å². The van der Waals surface area contributed by atoms with Crippen LogP contribution < -0.4 is 10.2 Å². The van der Waals surface area contributed by atoms with Gasteiger partial charge in [-0.1, -0.05) is 11.6 Å². The number of rotatable bonds is 4. The highest BCUT2D eigenvalue weighted by Gasteiger charge is 2.18. The first-order valence-corrected chi connectivity index (χ1v) is 7.72. The number of carbonyl (C=O) groups excluding carboxylic acids is 1. The first-order valence-electron chi connectivity index (χ1n) is 7.34. The van der Waals surface area contributed by atoms with Gasteiger partial charge < -0.3 is 10.2 Å². The summed E-state index contributed by atoms with van der Waals surface area (Å²) in [6.45, 7) is 3.84. The summed E-state index contributed by atoms with van der Waals surface area (Å²) in [6.07, 6.45) is 5.33. The number of amides is 1. The molecule has 1 saturated heterocycles. The zero-order chi connectivity index (χ0) is 15.5. The lowest BCUT2D eigenvalue weighted by Crippen LogP contribution is -2.24. The molecule has 0 saturated carbocycles. The molecule has 1 amide bonds. The Labute approximate surface area is 134 Å². The van der Waals surface area contributed by atoms with Gasteiger partial charge in [0.2, 0.25) is 5.91 Å². The summed E-state index contributed by atoms with van der Waals surface area (Å²) in [5, 5.41) is 7.49. The normalized spacial score (nSPS) is 15.8. The topological polar surface area (TPSA) is 63.1 Å². The summed E-state index contributed by atoms with van der Waals surface area (Å²) in [6, 6.07) is 5.20. The average Bonchev–Trinajstić information content (AvgIpc) is 3.20. The van der Waals surface area contributed by atoms with E-state index in [1.807, 2.05) is 12.1 Å². The first kappa shape index (κ1) is 14.8. The molecular weight excluding hydrogens is 302 g/mol. The number of halogens is 1. The Bertz CT molecular complexity index is 652. The van der Waals surface area contributed by atoms with Crippen molar-refractivity contribution in [3.63, 3.8) is 0 Å². The minimum Gasteiger partial charge on any atom is -0.370 e. The highest BCUT2D eigenvalue weighted by molar-refractivity contribution is 6.33. The number of carbonyl (C=O) groups is 1. The molecular formula is C15H18ClN5O.